The molecule has 0 bridgehead atoms. The van der Waals surface area contributed by atoms with Crippen molar-refractivity contribution in [1.29, 1.82) is 0 Å². The summed E-state index contributed by atoms with van der Waals surface area (Å²) in [5.41, 5.74) is 8.17. The first-order valence-electron chi connectivity index (χ1n) is 7.89. The van der Waals surface area contributed by atoms with Crippen LogP contribution in [0.5, 0.6) is 0 Å². The van der Waals surface area contributed by atoms with Crippen molar-refractivity contribution in [3.63, 3.8) is 0 Å². The molecule has 21 heavy (non-hydrogen) atoms. The molecular formula is C17H30N4. The number of aromatic nitrogens is 1. The number of hydrogen-bond acceptors (Lipinski definition) is 4. The van der Waals surface area contributed by atoms with Crippen LogP contribution in [-0.4, -0.2) is 16.0 Å². The Bertz CT molecular complexity index is 429. The van der Waals surface area contributed by atoms with Gasteiger partial charge < -0.3 is 10.7 Å². The summed E-state index contributed by atoms with van der Waals surface area (Å²) in [7, 11) is 0. The molecule has 2 rings (SSSR count). The van der Waals surface area contributed by atoms with Crippen LogP contribution < -0.4 is 11.6 Å². The highest BCUT2D eigenvalue weighted by molar-refractivity contribution is 5.61. The smallest absolute Gasteiger partial charge is 0.0565 e. The predicted octanol–water partition coefficient (Wildman–Crippen LogP) is 3.51. The zero-order chi connectivity index (χ0) is 15.9. The Morgan fingerprint density at radius 2 is 1.76 bits per heavy atom. The molecule has 0 spiro atoms. The molecule has 0 aromatic carbocycles. The van der Waals surface area contributed by atoms with E-state index in [0.29, 0.717) is 17.2 Å². The molecule has 1 fully saturated rings. The van der Waals surface area contributed by atoms with E-state index in [2.05, 4.69) is 18.8 Å². The summed E-state index contributed by atoms with van der Waals surface area (Å²) in [5.74, 6) is 6.14. The van der Waals surface area contributed by atoms with Crippen LogP contribution >= 0.6 is 0 Å². The van der Waals surface area contributed by atoms with E-state index in [1.165, 1.54) is 12.8 Å². The summed E-state index contributed by atoms with van der Waals surface area (Å²) in [6, 6.07) is 4.18. The van der Waals surface area contributed by atoms with E-state index in [0.717, 1.165) is 18.4 Å². The first-order valence-corrected chi connectivity index (χ1v) is 7.89. The molecule has 4 N–H and O–H groups in total. The Balaban J connectivity index is 0.00000106. The molecule has 0 amide bonds. The molecule has 0 aliphatic heterocycles. The first kappa shape index (κ1) is 17.5. The maximum atomic E-state index is 6.14. The average molecular weight is 290 g/mol. The molecule has 0 unspecified atom stereocenters. The molecule has 118 valence electrons. The predicted molar refractivity (Wildman–Crippen MR) is 89.8 cm³/mol. The topological polar surface area (TPSA) is 68.2 Å². The van der Waals surface area contributed by atoms with E-state index in [1.807, 2.05) is 32.2 Å². The minimum absolute atomic E-state index is 0.397. The Labute approximate surface area is 129 Å². The van der Waals surface area contributed by atoms with Crippen LogP contribution in [0.2, 0.25) is 0 Å². The zero-order valence-corrected chi connectivity index (χ0v) is 13.8. The van der Waals surface area contributed by atoms with E-state index in [-0.39, 0.29) is 0 Å². The Hall–Kier alpha value is -1.55. The van der Waals surface area contributed by atoms with Gasteiger partial charge in [0.1, 0.15) is 0 Å². The summed E-state index contributed by atoms with van der Waals surface area (Å²) in [6.45, 7) is 8.65. The van der Waals surface area contributed by atoms with Crippen LogP contribution in [0.3, 0.4) is 0 Å². The maximum absolute atomic E-state index is 6.14. The number of nitrogens with two attached hydrogens (primary N) is 2. The lowest BCUT2D eigenvalue weighted by Gasteiger charge is -2.37. The SMILES string of the molecule is CC.CC1(C)CCC(N(N)/C=C(\N)c2ccncc2)CC1. The molecule has 1 heterocycles. The van der Waals surface area contributed by atoms with Crippen LogP contribution in [0, 0.1) is 5.41 Å². The highest BCUT2D eigenvalue weighted by atomic mass is 15.4. The largest absolute Gasteiger partial charge is 0.397 e. The van der Waals surface area contributed by atoms with Gasteiger partial charge in [0.2, 0.25) is 0 Å². The second-order valence-electron chi connectivity index (χ2n) is 6.16. The molecule has 0 saturated heterocycles. The third-order valence-corrected chi connectivity index (χ3v) is 4.03. The minimum Gasteiger partial charge on any atom is -0.397 e. The van der Waals surface area contributed by atoms with E-state index in [4.69, 9.17) is 11.6 Å². The van der Waals surface area contributed by atoms with E-state index >= 15 is 0 Å². The number of hydrazine groups is 1. The zero-order valence-electron chi connectivity index (χ0n) is 13.8. The van der Waals surface area contributed by atoms with Crippen molar-refractivity contribution in [1.82, 2.24) is 9.99 Å². The molecule has 1 aliphatic carbocycles. The normalized spacial score (nSPS) is 18.6. The second-order valence-corrected chi connectivity index (χ2v) is 6.16. The third kappa shape index (κ3) is 5.38. The van der Waals surface area contributed by atoms with Crippen LogP contribution in [-0.2, 0) is 0 Å². The molecule has 0 radical (unpaired) electrons. The summed E-state index contributed by atoms with van der Waals surface area (Å²) < 4.78 is 0. The number of nitrogens with zero attached hydrogens (tertiary/aromatic N) is 2. The van der Waals surface area contributed by atoms with Crippen LogP contribution in [0.25, 0.3) is 5.70 Å². The van der Waals surface area contributed by atoms with E-state index < -0.39 is 0 Å². The Morgan fingerprint density at radius 3 is 2.29 bits per heavy atom. The van der Waals surface area contributed by atoms with Crippen molar-refractivity contribution in [2.75, 3.05) is 0 Å². The van der Waals surface area contributed by atoms with Crippen molar-refractivity contribution in [3.8, 4) is 0 Å². The van der Waals surface area contributed by atoms with Gasteiger partial charge in [0, 0.05) is 30.2 Å². The molecule has 1 aromatic heterocycles. The Kier molecular flexibility index (Phi) is 6.69. The van der Waals surface area contributed by atoms with Crippen molar-refractivity contribution in [3.05, 3.63) is 36.3 Å². The summed E-state index contributed by atoms with van der Waals surface area (Å²) in [6.07, 6.45) is 10.0. The molecule has 1 saturated carbocycles. The fourth-order valence-electron chi connectivity index (χ4n) is 2.57. The number of pyridine rings is 1. The lowest BCUT2D eigenvalue weighted by Crippen LogP contribution is -2.41. The van der Waals surface area contributed by atoms with Crippen molar-refractivity contribution in [2.24, 2.45) is 17.0 Å². The molecular weight excluding hydrogens is 260 g/mol. The highest BCUT2D eigenvalue weighted by Gasteiger charge is 2.28. The molecule has 4 heteroatoms. The van der Waals surface area contributed by atoms with Gasteiger partial charge in [-0.05, 0) is 43.2 Å². The van der Waals surface area contributed by atoms with Gasteiger partial charge >= 0.3 is 0 Å². The number of rotatable bonds is 3. The Morgan fingerprint density at radius 1 is 1.24 bits per heavy atom. The molecule has 4 nitrogen and oxygen atoms in total. The van der Waals surface area contributed by atoms with E-state index in [9.17, 15) is 0 Å². The van der Waals surface area contributed by atoms with Crippen molar-refractivity contribution >= 4 is 5.70 Å². The first-order chi connectivity index (χ1) is 9.98. The number of hydrogen-bond donors (Lipinski definition) is 2. The van der Waals surface area contributed by atoms with Crippen LogP contribution in [0.4, 0.5) is 0 Å². The highest BCUT2D eigenvalue weighted by Crippen LogP contribution is 2.36. The monoisotopic (exact) mass is 290 g/mol. The summed E-state index contributed by atoms with van der Waals surface area (Å²) in [5, 5.41) is 1.78. The fourth-order valence-corrected chi connectivity index (χ4v) is 2.57. The molecule has 1 aromatic rings. The van der Waals surface area contributed by atoms with Crippen LogP contribution in [0.15, 0.2) is 30.7 Å². The fraction of sp³-hybridized carbons (Fsp3) is 0.588. The molecule has 1 aliphatic rings. The summed E-state index contributed by atoms with van der Waals surface area (Å²) >= 11 is 0. The average Bonchev–Trinajstić information content (AvgIpc) is 2.50. The standard InChI is InChI=1S/C15H24N4.C2H6/c1-15(2)7-3-13(4-8-15)19(17)11-14(16)12-5-9-18-10-6-12;1-2/h5-6,9-11,13H,3-4,7-8,16-17H2,1-2H3;1-2H3/b14-11-;. The van der Waals surface area contributed by atoms with Gasteiger partial charge in [-0.1, -0.05) is 27.7 Å². The quantitative estimate of drug-likeness (QED) is 0.660. The maximum Gasteiger partial charge on any atom is 0.0565 e. The van der Waals surface area contributed by atoms with Gasteiger partial charge in [0.05, 0.1) is 5.70 Å². The van der Waals surface area contributed by atoms with E-state index in [1.54, 1.807) is 17.4 Å². The van der Waals surface area contributed by atoms with Gasteiger partial charge in [0.25, 0.3) is 0 Å². The van der Waals surface area contributed by atoms with Crippen molar-refractivity contribution in [2.45, 2.75) is 59.4 Å². The lowest BCUT2D eigenvalue weighted by atomic mass is 9.75. The second kappa shape index (κ2) is 8.03. The van der Waals surface area contributed by atoms with Gasteiger partial charge in [0.15, 0.2) is 0 Å². The van der Waals surface area contributed by atoms with Gasteiger partial charge in [-0.15, -0.1) is 0 Å². The van der Waals surface area contributed by atoms with Gasteiger partial charge in [-0.3, -0.25) is 4.98 Å². The molecule has 0 atom stereocenters. The minimum atomic E-state index is 0.397. The summed E-state index contributed by atoms with van der Waals surface area (Å²) in [4.78, 5) is 3.99. The third-order valence-electron chi connectivity index (χ3n) is 4.03. The van der Waals surface area contributed by atoms with Crippen molar-refractivity contribution < 1.29 is 0 Å². The van der Waals surface area contributed by atoms with Gasteiger partial charge in [-0.2, -0.15) is 0 Å². The lowest BCUT2D eigenvalue weighted by molar-refractivity contribution is 0.143. The van der Waals surface area contributed by atoms with Gasteiger partial charge in [-0.25, -0.2) is 5.84 Å². The van der Waals surface area contributed by atoms with Crippen LogP contribution in [0.1, 0.15) is 58.9 Å².